The van der Waals surface area contributed by atoms with Gasteiger partial charge < -0.3 is 14.4 Å². The van der Waals surface area contributed by atoms with Gasteiger partial charge in [-0.3, -0.25) is 4.79 Å². The smallest absolute Gasteiger partial charge is 0.416 e. The summed E-state index contributed by atoms with van der Waals surface area (Å²) < 4.78 is 61.7. The molecule has 1 aromatic rings. The van der Waals surface area contributed by atoms with Crippen molar-refractivity contribution in [3.8, 4) is 0 Å². The van der Waals surface area contributed by atoms with Crippen LogP contribution in [0.1, 0.15) is 24.0 Å². The third-order valence-electron chi connectivity index (χ3n) is 4.42. The zero-order valence-electron chi connectivity index (χ0n) is 14.3. The molecule has 1 heterocycles. The Kier molecular flexibility index (Phi) is 6.09. The Bertz CT molecular complexity index is 677. The molecule has 1 fully saturated rings. The van der Waals surface area contributed by atoms with Crippen LogP contribution in [-0.4, -0.2) is 43.8 Å². The molecule has 1 amide bonds. The Hall–Kier alpha value is -2.32. The van der Waals surface area contributed by atoms with Gasteiger partial charge in [0.2, 0.25) is 0 Å². The predicted octanol–water partition coefficient (Wildman–Crippen LogP) is 3.41. The van der Waals surface area contributed by atoms with Crippen molar-refractivity contribution in [3.05, 3.63) is 35.1 Å². The summed E-state index contributed by atoms with van der Waals surface area (Å²) in [5.74, 6) is -1.95. The lowest BCUT2D eigenvalue weighted by atomic mass is 9.87. The molecule has 26 heavy (non-hydrogen) atoms. The number of hydrogen-bond acceptors (Lipinski definition) is 4. The van der Waals surface area contributed by atoms with E-state index in [0.717, 1.165) is 12.1 Å². The van der Waals surface area contributed by atoms with Gasteiger partial charge in [-0.2, -0.15) is 13.2 Å². The molecule has 0 saturated carbocycles. The van der Waals surface area contributed by atoms with Crippen LogP contribution in [0.3, 0.4) is 0 Å². The summed E-state index contributed by atoms with van der Waals surface area (Å²) in [6.45, 7) is 0.193. The van der Waals surface area contributed by atoms with Crippen molar-refractivity contribution in [2.24, 2.45) is 5.92 Å². The van der Waals surface area contributed by atoms with Crippen LogP contribution < -0.4 is 0 Å². The predicted molar refractivity (Wildman–Crippen MR) is 82.7 cm³/mol. The second kappa shape index (κ2) is 7.92. The minimum atomic E-state index is -4.68. The lowest BCUT2D eigenvalue weighted by Gasteiger charge is -2.37. The number of nitrogens with zero attached hydrogens (tertiary/aromatic N) is 1. The number of methoxy groups -OCH3 is 2. The fourth-order valence-electron chi connectivity index (χ4n) is 3.19. The Morgan fingerprint density at radius 3 is 2.46 bits per heavy atom. The molecular formula is C17H19F4NO4. The first-order valence-corrected chi connectivity index (χ1v) is 7.94. The summed E-state index contributed by atoms with van der Waals surface area (Å²) >= 11 is 0. The zero-order chi connectivity index (χ0) is 19.5. The summed E-state index contributed by atoms with van der Waals surface area (Å²) in [6, 6.07) is 1.65. The monoisotopic (exact) mass is 377 g/mol. The average Bonchev–Trinajstić information content (AvgIpc) is 2.59. The number of esters is 1. The van der Waals surface area contributed by atoms with E-state index >= 15 is 0 Å². The average molecular weight is 377 g/mol. The van der Waals surface area contributed by atoms with E-state index < -0.39 is 41.6 Å². The van der Waals surface area contributed by atoms with Crippen molar-refractivity contribution in [3.63, 3.8) is 0 Å². The number of halogens is 4. The molecule has 1 aliphatic heterocycles. The quantitative estimate of drug-likeness (QED) is 0.598. The van der Waals surface area contributed by atoms with E-state index in [0.29, 0.717) is 12.5 Å². The van der Waals surface area contributed by atoms with Gasteiger partial charge in [-0.05, 0) is 43.0 Å². The number of carbonyl (C=O) groups excluding carboxylic acids is 2. The summed E-state index contributed by atoms with van der Waals surface area (Å²) in [7, 11) is 2.43. The highest BCUT2D eigenvalue weighted by Gasteiger charge is 2.37. The molecule has 0 aliphatic carbocycles. The topological polar surface area (TPSA) is 55.8 Å². The molecule has 5 nitrogen and oxygen atoms in total. The van der Waals surface area contributed by atoms with Crippen molar-refractivity contribution in [2.75, 3.05) is 20.8 Å². The van der Waals surface area contributed by atoms with Crippen LogP contribution >= 0.6 is 0 Å². The summed E-state index contributed by atoms with van der Waals surface area (Å²) in [6.07, 6.45) is -4.82. The zero-order valence-corrected chi connectivity index (χ0v) is 14.3. The van der Waals surface area contributed by atoms with E-state index in [-0.39, 0.29) is 24.9 Å². The van der Waals surface area contributed by atoms with Gasteiger partial charge in [0.05, 0.1) is 25.7 Å². The Morgan fingerprint density at radius 1 is 1.19 bits per heavy atom. The van der Waals surface area contributed by atoms with E-state index in [1.807, 2.05) is 0 Å². The molecule has 0 spiro atoms. The second-order valence-corrected chi connectivity index (χ2v) is 6.11. The number of likely N-dealkylation sites (tertiary alicyclic amines) is 1. The molecule has 2 rings (SSSR count). The van der Waals surface area contributed by atoms with Crippen LogP contribution in [0.4, 0.5) is 22.4 Å². The van der Waals surface area contributed by atoms with Crippen molar-refractivity contribution in [1.82, 2.24) is 4.90 Å². The number of carbonyl (C=O) groups is 2. The number of hydrogen-bond donors (Lipinski definition) is 0. The standard InChI is InChI=1S/C17H19F4NO4/c1-25-15(23)11-3-4-22(16(24)26-2)14(8-11)7-10-5-12(17(19,20)21)9-13(18)6-10/h5-6,9,11,14H,3-4,7-8H2,1-2H3. The first-order valence-electron chi connectivity index (χ1n) is 7.94. The van der Waals surface area contributed by atoms with Gasteiger partial charge in [0.15, 0.2) is 0 Å². The first-order chi connectivity index (χ1) is 12.2. The highest BCUT2D eigenvalue weighted by molar-refractivity contribution is 5.73. The molecule has 0 N–H and O–H groups in total. The van der Waals surface area contributed by atoms with Crippen LogP contribution in [0.2, 0.25) is 0 Å². The Labute approximate surface area is 147 Å². The van der Waals surface area contributed by atoms with Gasteiger partial charge in [0.1, 0.15) is 5.82 Å². The number of amides is 1. The lowest BCUT2D eigenvalue weighted by molar-refractivity contribution is -0.147. The van der Waals surface area contributed by atoms with Crippen LogP contribution in [0.15, 0.2) is 18.2 Å². The summed E-state index contributed by atoms with van der Waals surface area (Å²) in [4.78, 5) is 25.1. The maximum Gasteiger partial charge on any atom is 0.416 e. The maximum atomic E-state index is 13.6. The Balaban J connectivity index is 2.28. The van der Waals surface area contributed by atoms with E-state index in [1.165, 1.54) is 19.1 Å². The number of benzene rings is 1. The van der Waals surface area contributed by atoms with Gasteiger partial charge in [-0.1, -0.05) is 0 Å². The van der Waals surface area contributed by atoms with Gasteiger partial charge in [0, 0.05) is 12.6 Å². The molecule has 9 heteroatoms. The molecule has 0 bridgehead atoms. The highest BCUT2D eigenvalue weighted by Crippen LogP contribution is 2.32. The summed E-state index contributed by atoms with van der Waals surface area (Å²) in [5.41, 5.74) is -1.01. The first kappa shape index (κ1) is 20.0. The van der Waals surface area contributed by atoms with E-state index in [1.54, 1.807) is 0 Å². The van der Waals surface area contributed by atoms with Crippen molar-refractivity contribution < 1.29 is 36.6 Å². The highest BCUT2D eigenvalue weighted by atomic mass is 19.4. The Morgan fingerprint density at radius 2 is 1.88 bits per heavy atom. The SMILES string of the molecule is COC(=O)C1CCN(C(=O)OC)C(Cc2cc(F)cc(C(F)(F)F)c2)C1. The van der Waals surface area contributed by atoms with Gasteiger partial charge in [-0.15, -0.1) is 0 Å². The molecule has 0 radical (unpaired) electrons. The molecule has 2 unspecified atom stereocenters. The maximum absolute atomic E-state index is 13.6. The fourth-order valence-corrected chi connectivity index (χ4v) is 3.19. The number of ether oxygens (including phenoxy) is 2. The lowest BCUT2D eigenvalue weighted by Crippen LogP contribution is -2.48. The van der Waals surface area contributed by atoms with E-state index in [2.05, 4.69) is 0 Å². The van der Waals surface area contributed by atoms with Gasteiger partial charge >= 0.3 is 18.2 Å². The van der Waals surface area contributed by atoms with Crippen LogP contribution in [0, 0.1) is 11.7 Å². The number of rotatable bonds is 3. The van der Waals surface area contributed by atoms with Crippen LogP contribution in [-0.2, 0) is 26.9 Å². The summed E-state index contributed by atoms with van der Waals surface area (Å²) in [5, 5.41) is 0. The van der Waals surface area contributed by atoms with E-state index in [4.69, 9.17) is 9.47 Å². The minimum Gasteiger partial charge on any atom is -0.469 e. The van der Waals surface area contributed by atoms with Crippen molar-refractivity contribution in [1.29, 1.82) is 0 Å². The molecule has 144 valence electrons. The third-order valence-corrected chi connectivity index (χ3v) is 4.42. The fraction of sp³-hybridized carbons (Fsp3) is 0.529. The minimum absolute atomic E-state index is 0.0383. The molecule has 2 atom stereocenters. The van der Waals surface area contributed by atoms with Gasteiger partial charge in [-0.25, -0.2) is 9.18 Å². The third kappa shape index (κ3) is 4.64. The molecule has 1 saturated heterocycles. The molecule has 0 aromatic heterocycles. The van der Waals surface area contributed by atoms with Gasteiger partial charge in [0.25, 0.3) is 0 Å². The molecule has 1 aliphatic rings. The molecule has 1 aromatic carbocycles. The van der Waals surface area contributed by atoms with Crippen molar-refractivity contribution in [2.45, 2.75) is 31.5 Å². The normalized spacial score (nSPS) is 20.6. The van der Waals surface area contributed by atoms with E-state index in [9.17, 15) is 27.2 Å². The second-order valence-electron chi connectivity index (χ2n) is 6.11. The van der Waals surface area contributed by atoms with Crippen molar-refractivity contribution >= 4 is 12.1 Å². The van der Waals surface area contributed by atoms with Crippen LogP contribution in [0.5, 0.6) is 0 Å². The molecular weight excluding hydrogens is 358 g/mol. The van der Waals surface area contributed by atoms with Crippen LogP contribution in [0.25, 0.3) is 0 Å². The largest absolute Gasteiger partial charge is 0.469 e. The number of alkyl halides is 3. The number of piperidine rings is 1.